The minimum Gasteiger partial charge on any atom is -0.382 e. The van der Waals surface area contributed by atoms with Gasteiger partial charge < -0.3 is 34.9 Å². The van der Waals surface area contributed by atoms with Crippen LogP contribution in [0.4, 0.5) is 11.6 Å². The van der Waals surface area contributed by atoms with E-state index < -0.39 is 56.3 Å². The van der Waals surface area contributed by atoms with Gasteiger partial charge in [-0.15, -0.1) is 0 Å². The third-order valence-electron chi connectivity index (χ3n) is 7.52. The largest absolute Gasteiger partial charge is 0.386 e. The summed E-state index contributed by atoms with van der Waals surface area (Å²) in [5, 5.41) is 0. The maximum atomic E-state index is 13.5. The van der Waals surface area contributed by atoms with Crippen LogP contribution in [0.1, 0.15) is 25.8 Å². The van der Waals surface area contributed by atoms with Gasteiger partial charge in [0, 0.05) is 12.3 Å². The average molecular weight is 673 g/mol. The Hall–Kier alpha value is -2.35. The Kier molecular flexibility index (Phi) is 7.46. The zero-order valence-corrected chi connectivity index (χ0v) is 25.8. The van der Waals surface area contributed by atoms with E-state index in [0.29, 0.717) is 22.3 Å². The summed E-state index contributed by atoms with van der Waals surface area (Å²) in [6.07, 6.45) is 1.11. The van der Waals surface area contributed by atoms with Crippen LogP contribution in [0, 0.1) is 5.92 Å². The lowest BCUT2D eigenvalue weighted by atomic mass is 10.0. The molecule has 3 fully saturated rings. The molecule has 3 unspecified atom stereocenters. The summed E-state index contributed by atoms with van der Waals surface area (Å²) >= 11 is 9.60. The van der Waals surface area contributed by atoms with Crippen LogP contribution in [0.2, 0.25) is 0 Å². The summed E-state index contributed by atoms with van der Waals surface area (Å²) in [4.78, 5) is 36.1. The summed E-state index contributed by atoms with van der Waals surface area (Å²) < 4.78 is 52.6. The smallest absolute Gasteiger partial charge is 0.382 e. The summed E-state index contributed by atoms with van der Waals surface area (Å²) in [6.45, 7) is -6.53. The quantitative estimate of drug-likeness (QED) is 0.175. The van der Waals surface area contributed by atoms with E-state index in [1.807, 2.05) is 6.92 Å². The molecule has 3 aliphatic heterocycles. The molecular weight excluding hydrogens is 646 g/mol. The van der Waals surface area contributed by atoms with Crippen molar-refractivity contribution in [1.29, 1.82) is 0 Å². The number of fused-ring (bicyclic) bond motifs is 4. The van der Waals surface area contributed by atoms with Crippen molar-refractivity contribution in [2.75, 3.05) is 24.7 Å². The maximum Gasteiger partial charge on any atom is 0.386 e. The molecule has 3 aliphatic rings. The molecule has 22 heteroatoms. The summed E-state index contributed by atoms with van der Waals surface area (Å²) in [6, 6.07) is 0. The zero-order chi connectivity index (χ0) is 30.1. The van der Waals surface area contributed by atoms with E-state index in [0.717, 1.165) is 0 Å². The van der Waals surface area contributed by atoms with E-state index in [-0.39, 0.29) is 31.3 Å². The van der Waals surface area contributed by atoms with Crippen LogP contribution in [0.5, 0.6) is 0 Å². The average Bonchev–Trinajstić information content (AvgIpc) is 3.72. The van der Waals surface area contributed by atoms with Crippen LogP contribution >= 0.6 is 25.8 Å². The SMILES string of the molecule is CC1[C@H](n2cnc3c(N)ncnc32)O[C@@H]2COP(O)(=S)O[C@H]3C[C@H](n4cnc5c(N)ncnc54)O[C@@H]3COP(=O)(S)O[C@@H]12. The van der Waals surface area contributed by atoms with E-state index in [2.05, 4.69) is 42.2 Å². The lowest BCUT2D eigenvalue weighted by molar-refractivity contribution is -0.0559. The minimum absolute atomic E-state index is 0.198. The molecule has 0 saturated carbocycles. The fourth-order valence-electron chi connectivity index (χ4n) is 5.49. The van der Waals surface area contributed by atoms with Gasteiger partial charge in [-0.1, -0.05) is 19.2 Å². The topological polar surface area (TPSA) is 232 Å². The third-order valence-corrected chi connectivity index (χ3v) is 10.7. The second-order valence-electron chi connectivity index (χ2n) is 10.2. The van der Waals surface area contributed by atoms with Gasteiger partial charge in [-0.2, -0.15) is 0 Å². The number of ether oxygens (including phenoxy) is 2. The zero-order valence-electron chi connectivity index (χ0n) is 22.3. The molecule has 7 rings (SSSR count). The Labute approximate surface area is 253 Å². The van der Waals surface area contributed by atoms with Gasteiger partial charge >= 0.3 is 13.5 Å². The molecule has 7 heterocycles. The van der Waals surface area contributed by atoms with Gasteiger partial charge in [0.15, 0.2) is 22.9 Å². The Morgan fingerprint density at radius 1 is 0.907 bits per heavy atom. The number of rotatable bonds is 2. The number of nitrogens with zero attached hydrogens (tertiary/aromatic N) is 8. The number of nitrogen functional groups attached to an aromatic ring is 2. The Bertz CT molecular complexity index is 1800. The van der Waals surface area contributed by atoms with Crippen LogP contribution in [0.3, 0.4) is 0 Å². The lowest BCUT2D eigenvalue weighted by Gasteiger charge is -2.29. The summed E-state index contributed by atoms with van der Waals surface area (Å²) in [5.74, 6) is -0.0286. The number of imidazole rings is 2. The van der Waals surface area contributed by atoms with Crippen LogP contribution in [-0.2, 0) is 43.9 Å². The summed E-state index contributed by atoms with van der Waals surface area (Å²) in [5.41, 5.74) is 13.5. The number of thiol groups is 1. The van der Waals surface area contributed by atoms with Gasteiger partial charge in [-0.25, -0.2) is 34.5 Å². The van der Waals surface area contributed by atoms with Crippen molar-refractivity contribution < 1.29 is 37.0 Å². The molecule has 9 atom stereocenters. The first-order valence-corrected chi connectivity index (χ1v) is 18.3. The van der Waals surface area contributed by atoms with Gasteiger partial charge in [0.1, 0.15) is 54.5 Å². The molecule has 230 valence electrons. The molecular formula is C21H26N10O8P2S2. The Balaban J connectivity index is 1.15. The number of aromatic nitrogens is 8. The number of nitrogens with two attached hydrogens (primary N) is 2. The predicted molar refractivity (Wildman–Crippen MR) is 156 cm³/mol. The standard InChI is InChI=1S/C21H26N10O8P2S2/c1-9-16-12(37-21(9)31-8-29-15-18(23)25-6-27-20(15)31)4-35-40(32,42)38-10-2-13(36-11(10)3-34-41(33,43)39-16)30-7-28-14-17(22)24-5-26-19(14)30/h5-13,16,21H,2-4H2,1H3,(H,32,42)(H,33,43)(H2,22,24,26)(H2,23,25,27)/t9?,10-,11+,12+,13+,16-,21+,40?,41?/m0/s1. The van der Waals surface area contributed by atoms with Gasteiger partial charge in [0.05, 0.1) is 32.0 Å². The molecule has 3 saturated heterocycles. The van der Waals surface area contributed by atoms with Gasteiger partial charge in [-0.05, 0) is 11.8 Å². The molecule has 5 N–H and O–H groups in total. The first-order valence-electron chi connectivity index (χ1n) is 13.0. The fraction of sp³-hybridized carbons (Fsp3) is 0.524. The van der Waals surface area contributed by atoms with E-state index in [4.69, 9.17) is 50.8 Å². The van der Waals surface area contributed by atoms with Crippen molar-refractivity contribution in [3.8, 4) is 0 Å². The molecule has 4 aromatic heterocycles. The van der Waals surface area contributed by atoms with Crippen molar-refractivity contribution >= 4 is 71.5 Å². The number of hydrogen-bond donors (Lipinski definition) is 4. The second-order valence-corrected chi connectivity index (χ2v) is 15.9. The first kappa shape index (κ1) is 29.4. The van der Waals surface area contributed by atoms with Gasteiger partial charge in [0.2, 0.25) is 0 Å². The van der Waals surface area contributed by atoms with Crippen LogP contribution in [0.15, 0.2) is 25.3 Å². The van der Waals surface area contributed by atoms with E-state index in [1.54, 1.807) is 9.13 Å². The fourth-order valence-corrected chi connectivity index (χ4v) is 8.52. The molecule has 0 aliphatic carbocycles. The van der Waals surface area contributed by atoms with Crippen molar-refractivity contribution in [3.63, 3.8) is 0 Å². The molecule has 0 amide bonds. The van der Waals surface area contributed by atoms with E-state index in [9.17, 15) is 9.46 Å². The highest BCUT2D eigenvalue weighted by Gasteiger charge is 2.49. The summed E-state index contributed by atoms with van der Waals surface area (Å²) in [7, 11) is 0. The highest BCUT2D eigenvalue weighted by molar-refractivity contribution is 8.44. The van der Waals surface area contributed by atoms with Gasteiger partial charge in [0.25, 0.3) is 0 Å². The van der Waals surface area contributed by atoms with Crippen LogP contribution in [0.25, 0.3) is 22.3 Å². The molecule has 18 nitrogen and oxygen atoms in total. The molecule has 4 aromatic rings. The molecule has 43 heavy (non-hydrogen) atoms. The maximum absolute atomic E-state index is 13.5. The highest BCUT2D eigenvalue weighted by atomic mass is 32.7. The molecule has 0 spiro atoms. The third kappa shape index (κ3) is 5.44. The molecule has 0 bridgehead atoms. The monoisotopic (exact) mass is 672 g/mol. The van der Waals surface area contributed by atoms with Crippen LogP contribution in [-0.4, -0.2) is 81.6 Å². The van der Waals surface area contributed by atoms with Crippen molar-refractivity contribution in [1.82, 2.24) is 39.0 Å². The normalized spacial score (nSPS) is 37.1. The first-order chi connectivity index (χ1) is 20.5. The lowest BCUT2D eigenvalue weighted by Crippen LogP contribution is -2.34. The number of hydrogen-bond acceptors (Lipinski definition) is 16. The van der Waals surface area contributed by atoms with Crippen molar-refractivity contribution in [2.24, 2.45) is 5.92 Å². The highest BCUT2D eigenvalue weighted by Crippen LogP contribution is 2.59. The van der Waals surface area contributed by atoms with Crippen molar-refractivity contribution in [2.45, 2.75) is 50.2 Å². The number of anilines is 2. The Morgan fingerprint density at radius 3 is 2.23 bits per heavy atom. The minimum atomic E-state index is -3.99. The van der Waals surface area contributed by atoms with Crippen molar-refractivity contribution in [3.05, 3.63) is 25.3 Å². The van der Waals surface area contributed by atoms with E-state index >= 15 is 0 Å². The predicted octanol–water partition coefficient (Wildman–Crippen LogP) is 1.72. The van der Waals surface area contributed by atoms with Crippen LogP contribution < -0.4 is 11.5 Å². The second kappa shape index (κ2) is 10.9. The molecule has 0 aromatic carbocycles. The molecule has 0 radical (unpaired) electrons. The van der Waals surface area contributed by atoms with Gasteiger partial charge in [-0.3, -0.25) is 18.2 Å². The Morgan fingerprint density at radius 2 is 1.53 bits per heavy atom. The van der Waals surface area contributed by atoms with E-state index in [1.165, 1.54) is 25.3 Å².